The molecule has 0 aliphatic carbocycles. The average molecular weight is 887 g/mol. The van der Waals surface area contributed by atoms with E-state index in [1.165, 1.54) is 20.9 Å². The first-order valence-corrected chi connectivity index (χ1v) is 23.4. The zero-order chi connectivity index (χ0) is 43.4. The van der Waals surface area contributed by atoms with Gasteiger partial charge in [0.25, 0.3) is 0 Å². The largest absolute Gasteiger partial charge is 0.496 e. The molecule has 0 unspecified atom stereocenters. The maximum Gasteiger partial charge on any atom is 0.310 e. The van der Waals surface area contributed by atoms with Gasteiger partial charge in [-0.1, -0.05) is 12.1 Å². The summed E-state index contributed by atoms with van der Waals surface area (Å²) < 4.78 is 35.2. The number of carbonyl (C=O) groups excluding carboxylic acids is 2. The fourth-order valence-corrected chi connectivity index (χ4v) is 12.9. The van der Waals surface area contributed by atoms with Crippen molar-refractivity contribution in [2.75, 3.05) is 27.4 Å². The van der Waals surface area contributed by atoms with Gasteiger partial charge in [0, 0.05) is 39.0 Å². The number of esters is 2. The van der Waals surface area contributed by atoms with Crippen LogP contribution in [0.25, 0.3) is 50.1 Å². The minimum absolute atomic E-state index is 0.0408. The summed E-state index contributed by atoms with van der Waals surface area (Å²) >= 11 is 6.78. The lowest BCUT2D eigenvalue weighted by Crippen LogP contribution is -2.07. The van der Waals surface area contributed by atoms with E-state index < -0.39 is 0 Å². The molecule has 0 fully saturated rings. The summed E-state index contributed by atoms with van der Waals surface area (Å²) in [5, 5.41) is 0. The smallest absolute Gasteiger partial charge is 0.310 e. The van der Waals surface area contributed by atoms with Crippen LogP contribution in [0.1, 0.15) is 74.9 Å². The number of ether oxygens (including phenoxy) is 6. The molecule has 0 spiro atoms. The summed E-state index contributed by atoms with van der Waals surface area (Å²) in [5.74, 6) is 2.32. The molecule has 60 heavy (non-hydrogen) atoms. The Balaban J connectivity index is 1.51. The molecule has 0 aliphatic rings. The van der Waals surface area contributed by atoms with Crippen LogP contribution in [0, 0.1) is 27.7 Å². The van der Waals surface area contributed by atoms with Crippen molar-refractivity contribution in [1.82, 2.24) is 0 Å². The highest BCUT2D eigenvalue weighted by Gasteiger charge is 2.28. The van der Waals surface area contributed by atoms with Gasteiger partial charge in [-0.15, -0.1) is 45.3 Å². The van der Waals surface area contributed by atoms with E-state index in [-0.39, 0.29) is 37.0 Å². The molecule has 12 heteroatoms. The zero-order valence-corrected chi connectivity index (χ0v) is 39.8. The highest BCUT2D eigenvalue weighted by Crippen LogP contribution is 2.55. The molecule has 0 N–H and O–H groups in total. The predicted molar refractivity (Wildman–Crippen MR) is 249 cm³/mol. The molecular formula is C48H54O8S4. The third-order valence-corrected chi connectivity index (χ3v) is 15.7. The fourth-order valence-electron chi connectivity index (χ4n) is 7.10. The quantitative estimate of drug-likeness (QED) is 0.0837. The van der Waals surface area contributed by atoms with Gasteiger partial charge in [-0.25, -0.2) is 0 Å². The molecule has 0 saturated carbocycles. The lowest BCUT2D eigenvalue weighted by atomic mass is 10.0. The Kier molecular flexibility index (Phi) is 14.5. The molecule has 6 aromatic rings. The number of hydrogen-bond donors (Lipinski definition) is 0. The molecular weight excluding hydrogens is 833 g/mol. The second-order valence-electron chi connectivity index (χ2n) is 14.9. The summed E-state index contributed by atoms with van der Waals surface area (Å²) in [6.07, 6.45) is 0.201. The molecule has 0 saturated heterocycles. The van der Waals surface area contributed by atoms with E-state index in [4.69, 9.17) is 28.4 Å². The fraction of sp³-hybridized carbons (Fsp3) is 0.375. The molecule has 4 aromatic heterocycles. The Hall–Kier alpha value is -4.62. The van der Waals surface area contributed by atoms with Gasteiger partial charge in [0.1, 0.15) is 23.0 Å². The van der Waals surface area contributed by atoms with Gasteiger partial charge in [0.2, 0.25) is 0 Å². The standard InChI is InChI=1S/C48H54O8S4/c1-13-53-39(49)23-31-21-37(41-33(51-11)17-15-19-35(41)55-25(3)4)57-47(31)45-29(9)27(7)43(59-45)44-28(8)30(10)46(60-44)48-32(24-40(50)54-14-2)22-38(58-48)42-34(52-12)18-16-20-36(42)56-26(5)6/h15-22,25-26H,13-14,23-24H2,1-12H3. The van der Waals surface area contributed by atoms with E-state index in [9.17, 15) is 9.59 Å². The van der Waals surface area contributed by atoms with Crippen LogP contribution in [0.3, 0.4) is 0 Å². The Morgan fingerprint density at radius 1 is 0.517 bits per heavy atom. The molecule has 0 aliphatic heterocycles. The summed E-state index contributed by atoms with van der Waals surface area (Å²) in [6, 6.07) is 15.8. The summed E-state index contributed by atoms with van der Waals surface area (Å²) in [4.78, 5) is 34.7. The minimum atomic E-state index is -0.271. The molecule has 4 heterocycles. The van der Waals surface area contributed by atoms with Crippen LogP contribution in [0.5, 0.6) is 23.0 Å². The van der Waals surface area contributed by atoms with Crippen LogP contribution < -0.4 is 18.9 Å². The molecule has 0 bridgehead atoms. The normalized spacial score (nSPS) is 11.4. The van der Waals surface area contributed by atoms with Crippen molar-refractivity contribution < 1.29 is 38.0 Å². The highest BCUT2D eigenvalue weighted by molar-refractivity contribution is 7.30. The van der Waals surface area contributed by atoms with Crippen molar-refractivity contribution in [3.05, 3.63) is 81.9 Å². The maximum absolute atomic E-state index is 13.1. The molecule has 0 radical (unpaired) electrons. The van der Waals surface area contributed by atoms with Crippen molar-refractivity contribution >= 4 is 57.3 Å². The van der Waals surface area contributed by atoms with Crippen LogP contribution in [-0.4, -0.2) is 51.6 Å². The minimum Gasteiger partial charge on any atom is -0.496 e. The molecule has 0 amide bonds. The SMILES string of the molecule is CCOC(=O)Cc1cc(-c2c(OC)cccc2OC(C)C)sc1-c1sc(-c2sc(-c3sc(-c4c(OC)cccc4OC(C)C)cc3CC(=O)OCC)c(C)c2C)c(C)c1C. The Morgan fingerprint density at radius 3 is 1.17 bits per heavy atom. The molecule has 8 nitrogen and oxygen atoms in total. The number of carbonyl (C=O) groups is 2. The summed E-state index contributed by atoms with van der Waals surface area (Å²) in [6.45, 7) is 21.0. The van der Waals surface area contributed by atoms with Gasteiger partial charge in [-0.05, 0) is 139 Å². The molecule has 6 rings (SSSR count). The van der Waals surface area contributed by atoms with E-state index in [2.05, 4.69) is 39.8 Å². The van der Waals surface area contributed by atoms with Gasteiger partial charge in [-0.2, -0.15) is 0 Å². The van der Waals surface area contributed by atoms with Crippen LogP contribution in [0.15, 0.2) is 48.5 Å². The van der Waals surface area contributed by atoms with Crippen LogP contribution in [0.4, 0.5) is 0 Å². The average Bonchev–Trinajstić information content (AvgIpc) is 3.95. The van der Waals surface area contributed by atoms with Crippen LogP contribution >= 0.6 is 45.3 Å². The molecule has 318 valence electrons. The Bertz CT molecular complexity index is 2320. The predicted octanol–water partition coefficient (Wildman–Crippen LogP) is 13.3. The summed E-state index contributed by atoms with van der Waals surface area (Å²) in [7, 11) is 3.33. The van der Waals surface area contributed by atoms with E-state index in [0.29, 0.717) is 24.7 Å². The number of rotatable bonds is 17. The van der Waals surface area contributed by atoms with Crippen LogP contribution in [-0.2, 0) is 31.9 Å². The van der Waals surface area contributed by atoms with Crippen molar-refractivity contribution in [1.29, 1.82) is 0 Å². The van der Waals surface area contributed by atoms with Crippen molar-refractivity contribution in [2.45, 2.75) is 94.3 Å². The van der Waals surface area contributed by atoms with Gasteiger partial charge in [-0.3, -0.25) is 9.59 Å². The van der Waals surface area contributed by atoms with Crippen molar-refractivity contribution in [3.63, 3.8) is 0 Å². The lowest BCUT2D eigenvalue weighted by Gasteiger charge is -2.16. The Morgan fingerprint density at radius 2 is 0.850 bits per heavy atom. The third-order valence-electron chi connectivity index (χ3n) is 10.0. The topological polar surface area (TPSA) is 89.5 Å². The van der Waals surface area contributed by atoms with Gasteiger partial charge >= 0.3 is 11.9 Å². The van der Waals surface area contributed by atoms with E-state index in [1.54, 1.807) is 59.6 Å². The van der Waals surface area contributed by atoms with Crippen molar-refractivity contribution in [3.8, 4) is 73.1 Å². The highest BCUT2D eigenvalue weighted by atomic mass is 32.1. The first kappa shape index (κ1) is 44.9. The number of methoxy groups -OCH3 is 2. The second-order valence-corrected chi connectivity index (χ2v) is 19.1. The Labute approximate surface area is 370 Å². The first-order valence-electron chi connectivity index (χ1n) is 20.2. The lowest BCUT2D eigenvalue weighted by molar-refractivity contribution is -0.143. The number of benzene rings is 2. The third kappa shape index (κ3) is 9.32. The monoisotopic (exact) mass is 886 g/mol. The summed E-state index contributed by atoms with van der Waals surface area (Å²) in [5.41, 5.74) is 8.22. The second kappa shape index (κ2) is 19.4. The van der Waals surface area contributed by atoms with E-state index in [1.807, 2.05) is 77.9 Å². The first-order chi connectivity index (χ1) is 28.7. The molecule has 2 aromatic carbocycles. The number of thiophene rings is 4. The molecule has 0 atom stereocenters. The van der Waals surface area contributed by atoms with Gasteiger partial charge < -0.3 is 28.4 Å². The van der Waals surface area contributed by atoms with E-state index >= 15 is 0 Å². The zero-order valence-electron chi connectivity index (χ0n) is 36.5. The van der Waals surface area contributed by atoms with E-state index in [0.717, 1.165) is 74.1 Å². The van der Waals surface area contributed by atoms with Crippen LogP contribution in [0.2, 0.25) is 0 Å². The van der Waals surface area contributed by atoms with Gasteiger partial charge in [0.15, 0.2) is 0 Å². The van der Waals surface area contributed by atoms with Gasteiger partial charge in [0.05, 0.1) is 63.6 Å². The number of hydrogen-bond acceptors (Lipinski definition) is 12. The van der Waals surface area contributed by atoms with Crippen molar-refractivity contribution in [2.24, 2.45) is 0 Å². The maximum atomic E-state index is 13.1.